The summed E-state index contributed by atoms with van der Waals surface area (Å²) < 4.78 is 10.8. The molecule has 0 amide bonds. The molecule has 0 aromatic carbocycles. The third kappa shape index (κ3) is 8.45. The lowest BCUT2D eigenvalue weighted by Crippen LogP contribution is -2.45. The summed E-state index contributed by atoms with van der Waals surface area (Å²) in [6.07, 6.45) is 1.17. The van der Waals surface area contributed by atoms with Crippen molar-refractivity contribution in [3.8, 4) is 0 Å². The molecule has 0 heterocycles. The van der Waals surface area contributed by atoms with Crippen molar-refractivity contribution in [3.05, 3.63) is 0 Å². The minimum Gasteiger partial charge on any atom is -0.460 e. The molecule has 0 aliphatic carbocycles. The molecule has 0 spiro atoms. The second kappa shape index (κ2) is 9.56. The summed E-state index contributed by atoms with van der Waals surface area (Å²) in [6.45, 7) is 9.91. The first-order chi connectivity index (χ1) is 8.25. The maximum Gasteiger partial charge on any atom is 0.309 e. The molecule has 0 aliphatic rings. The highest BCUT2D eigenvalue weighted by Gasteiger charge is 2.28. The number of halogens is 1. The number of hydrogen-bond acceptors (Lipinski definition) is 4. The number of ether oxygens (including phenoxy) is 2. The number of carbonyl (C=O) groups is 1. The van der Waals surface area contributed by atoms with Gasteiger partial charge < -0.3 is 14.8 Å². The lowest BCUT2D eigenvalue weighted by molar-refractivity contribution is -0.158. The predicted molar refractivity (Wildman–Crippen MR) is 80.8 cm³/mol. The molecule has 3 atom stereocenters. The minimum atomic E-state index is -0.444. The number of hydrogen-bond donors (Lipinski definition) is 1. The first-order valence-electron chi connectivity index (χ1n) is 6.67. The van der Waals surface area contributed by atoms with Crippen LogP contribution in [0.25, 0.3) is 0 Å². The van der Waals surface area contributed by atoms with Gasteiger partial charge in [-0.3, -0.25) is 4.79 Å². The van der Waals surface area contributed by atoms with Gasteiger partial charge in [0.15, 0.2) is 0 Å². The van der Waals surface area contributed by atoms with Crippen LogP contribution in [0.5, 0.6) is 0 Å². The molecule has 19 heavy (non-hydrogen) atoms. The normalized spacial score (nSPS) is 16.2. The Morgan fingerprint density at radius 1 is 1.32 bits per heavy atom. The van der Waals surface area contributed by atoms with Gasteiger partial charge in [0, 0.05) is 13.2 Å². The molecular weight excluding hydrogens is 266 g/mol. The van der Waals surface area contributed by atoms with Gasteiger partial charge in [-0.15, -0.1) is 12.4 Å². The number of rotatable bonds is 7. The number of methoxy groups -OCH3 is 1. The van der Waals surface area contributed by atoms with Crippen LogP contribution in [0.1, 0.15) is 47.5 Å². The lowest BCUT2D eigenvalue weighted by atomic mass is 9.92. The maximum atomic E-state index is 11.8. The van der Waals surface area contributed by atoms with Crippen molar-refractivity contribution in [2.75, 3.05) is 14.2 Å². The van der Waals surface area contributed by atoms with Crippen molar-refractivity contribution >= 4 is 18.4 Å². The van der Waals surface area contributed by atoms with E-state index in [1.165, 1.54) is 0 Å². The van der Waals surface area contributed by atoms with Crippen molar-refractivity contribution in [2.45, 2.75) is 65.2 Å². The third-order valence-electron chi connectivity index (χ3n) is 3.08. The Morgan fingerprint density at radius 2 is 1.84 bits per heavy atom. The van der Waals surface area contributed by atoms with E-state index in [0.717, 1.165) is 6.42 Å². The van der Waals surface area contributed by atoms with Crippen LogP contribution in [0.3, 0.4) is 0 Å². The Hall–Kier alpha value is -0.320. The average molecular weight is 296 g/mol. The van der Waals surface area contributed by atoms with E-state index in [1.54, 1.807) is 7.11 Å². The summed E-state index contributed by atoms with van der Waals surface area (Å²) >= 11 is 0. The molecule has 1 N–H and O–H groups in total. The molecule has 0 aromatic heterocycles. The molecule has 0 fully saturated rings. The van der Waals surface area contributed by atoms with Crippen LogP contribution < -0.4 is 5.32 Å². The van der Waals surface area contributed by atoms with Crippen LogP contribution in [-0.2, 0) is 14.3 Å². The van der Waals surface area contributed by atoms with Crippen LogP contribution in [0.2, 0.25) is 0 Å². The largest absolute Gasteiger partial charge is 0.460 e. The zero-order valence-corrected chi connectivity index (χ0v) is 14.1. The van der Waals surface area contributed by atoms with Crippen LogP contribution in [-0.4, -0.2) is 37.9 Å². The molecule has 0 bridgehead atoms. The van der Waals surface area contributed by atoms with Crippen molar-refractivity contribution in [2.24, 2.45) is 5.92 Å². The molecule has 0 aliphatic heterocycles. The lowest BCUT2D eigenvalue weighted by Gasteiger charge is -2.30. The molecule has 0 unspecified atom stereocenters. The van der Waals surface area contributed by atoms with E-state index in [4.69, 9.17) is 9.47 Å². The fourth-order valence-corrected chi connectivity index (χ4v) is 2.00. The van der Waals surface area contributed by atoms with E-state index in [-0.39, 0.29) is 36.9 Å². The summed E-state index contributed by atoms with van der Waals surface area (Å²) in [7, 11) is 3.54. The fraction of sp³-hybridized carbons (Fsp3) is 0.929. The van der Waals surface area contributed by atoms with Crippen molar-refractivity contribution in [1.82, 2.24) is 5.32 Å². The smallest absolute Gasteiger partial charge is 0.309 e. The predicted octanol–water partition coefficient (Wildman–Crippen LogP) is 2.79. The van der Waals surface area contributed by atoms with E-state index in [0.29, 0.717) is 5.92 Å². The molecule has 0 aromatic rings. The first kappa shape index (κ1) is 21.0. The van der Waals surface area contributed by atoms with E-state index in [9.17, 15) is 4.79 Å². The summed E-state index contributed by atoms with van der Waals surface area (Å²) in [4.78, 5) is 11.8. The Morgan fingerprint density at radius 3 is 2.16 bits per heavy atom. The van der Waals surface area contributed by atoms with Gasteiger partial charge in [-0.1, -0.05) is 20.3 Å². The number of nitrogens with one attached hydrogen (secondary N) is 1. The summed E-state index contributed by atoms with van der Waals surface area (Å²) in [5.74, 6) is 0.236. The van der Waals surface area contributed by atoms with Gasteiger partial charge in [0.2, 0.25) is 0 Å². The number of carbonyl (C=O) groups excluding carboxylic acids is 1. The molecular formula is C14H30ClNO3. The zero-order valence-electron chi connectivity index (χ0n) is 13.3. The van der Waals surface area contributed by atoms with Gasteiger partial charge in [0.05, 0.1) is 12.5 Å². The van der Waals surface area contributed by atoms with Gasteiger partial charge in [-0.25, -0.2) is 0 Å². The Labute approximate surface area is 124 Å². The highest BCUT2D eigenvalue weighted by Crippen LogP contribution is 2.18. The second-order valence-corrected chi connectivity index (χ2v) is 5.76. The molecule has 0 saturated carbocycles. The fourth-order valence-electron chi connectivity index (χ4n) is 2.00. The SMILES string of the molecule is CC[C@H](C)[C@@H](NC)[C@@H](CC(=O)OC(C)(C)C)OC.Cl. The molecule has 0 saturated heterocycles. The quantitative estimate of drug-likeness (QED) is 0.734. The maximum absolute atomic E-state index is 11.8. The molecule has 4 nitrogen and oxygen atoms in total. The van der Waals surface area contributed by atoms with E-state index >= 15 is 0 Å². The Kier molecular flexibility index (Phi) is 10.6. The van der Waals surface area contributed by atoms with E-state index in [1.807, 2.05) is 27.8 Å². The highest BCUT2D eigenvalue weighted by atomic mass is 35.5. The topological polar surface area (TPSA) is 47.6 Å². The Bertz CT molecular complexity index is 254. The van der Waals surface area contributed by atoms with Gasteiger partial charge in [-0.05, 0) is 33.7 Å². The average Bonchev–Trinajstić information content (AvgIpc) is 2.25. The molecule has 116 valence electrons. The highest BCUT2D eigenvalue weighted by molar-refractivity contribution is 5.85. The van der Waals surface area contributed by atoms with Gasteiger partial charge in [0.1, 0.15) is 5.60 Å². The van der Waals surface area contributed by atoms with E-state index < -0.39 is 5.60 Å². The van der Waals surface area contributed by atoms with Crippen LogP contribution in [0, 0.1) is 5.92 Å². The number of likely N-dealkylation sites (N-methyl/N-ethyl adjacent to an activating group) is 1. The van der Waals surface area contributed by atoms with Crippen molar-refractivity contribution < 1.29 is 14.3 Å². The van der Waals surface area contributed by atoms with Gasteiger partial charge >= 0.3 is 5.97 Å². The third-order valence-corrected chi connectivity index (χ3v) is 3.08. The van der Waals surface area contributed by atoms with Crippen molar-refractivity contribution in [1.29, 1.82) is 0 Å². The van der Waals surface area contributed by atoms with Gasteiger partial charge in [0.25, 0.3) is 0 Å². The molecule has 0 radical (unpaired) electrons. The van der Waals surface area contributed by atoms with Crippen LogP contribution in [0.15, 0.2) is 0 Å². The molecule has 5 heteroatoms. The Balaban J connectivity index is 0. The standard InChI is InChI=1S/C14H29NO3.ClH/c1-8-10(2)13(15-6)11(17-7)9-12(16)18-14(3,4)5;/h10-11,13,15H,8-9H2,1-7H3;1H/t10-,11+,13+;/m0./s1. The van der Waals surface area contributed by atoms with Crippen LogP contribution in [0.4, 0.5) is 0 Å². The van der Waals surface area contributed by atoms with Crippen molar-refractivity contribution in [3.63, 3.8) is 0 Å². The first-order valence-corrected chi connectivity index (χ1v) is 6.67. The minimum absolute atomic E-state index is 0. The van der Waals surface area contributed by atoms with Crippen LogP contribution >= 0.6 is 12.4 Å². The van der Waals surface area contributed by atoms with E-state index in [2.05, 4.69) is 19.2 Å². The second-order valence-electron chi connectivity index (χ2n) is 5.76. The van der Waals surface area contributed by atoms with Gasteiger partial charge in [-0.2, -0.15) is 0 Å². The summed E-state index contributed by atoms with van der Waals surface area (Å²) in [5, 5.41) is 3.24. The summed E-state index contributed by atoms with van der Waals surface area (Å²) in [5.41, 5.74) is -0.444. The number of esters is 1. The summed E-state index contributed by atoms with van der Waals surface area (Å²) in [6, 6.07) is 0.160. The molecule has 0 rings (SSSR count). The zero-order chi connectivity index (χ0) is 14.3. The monoisotopic (exact) mass is 295 g/mol.